The molecule has 0 amide bonds. The molecule has 5 nitrogen and oxygen atoms in total. The molecule has 0 radical (unpaired) electrons. The maximum absolute atomic E-state index is 13.4. The van der Waals surface area contributed by atoms with E-state index >= 15 is 0 Å². The van der Waals surface area contributed by atoms with Crippen LogP contribution in [0.2, 0.25) is 0 Å². The molecule has 1 aliphatic heterocycles. The molecule has 3 aromatic rings. The van der Waals surface area contributed by atoms with Crippen molar-refractivity contribution in [2.75, 3.05) is 11.4 Å². The fraction of sp³-hybridized carbons (Fsp3) is 0.200. The van der Waals surface area contributed by atoms with Crippen molar-refractivity contribution in [3.63, 3.8) is 0 Å². The lowest BCUT2D eigenvalue weighted by Crippen LogP contribution is -2.26. The molecule has 0 saturated carbocycles. The van der Waals surface area contributed by atoms with Crippen molar-refractivity contribution in [1.29, 1.82) is 5.41 Å². The van der Waals surface area contributed by atoms with Crippen LogP contribution in [0.5, 0.6) is 0 Å². The lowest BCUT2D eigenvalue weighted by atomic mass is 10.0. The number of hydrogen-bond acceptors (Lipinski definition) is 3. The minimum atomic E-state index is -0.362. The smallest absolute Gasteiger partial charge is 0.145 e. The molecular formula is C20H19FN4O. The first kappa shape index (κ1) is 16.3. The molecule has 0 saturated heterocycles. The molecule has 0 aliphatic carbocycles. The average molecular weight is 350 g/mol. The minimum Gasteiger partial charge on any atom is -0.509 e. The van der Waals surface area contributed by atoms with E-state index in [2.05, 4.69) is 23.8 Å². The summed E-state index contributed by atoms with van der Waals surface area (Å²) >= 11 is 0. The SMILES string of the molecule is CC(C)c1ccc(N2CC(O)=C(c3nc4ccc(F)cc4[nH]3)C2=N)cc1. The first-order chi connectivity index (χ1) is 12.4. The zero-order valence-electron chi connectivity index (χ0n) is 14.5. The second kappa shape index (κ2) is 5.98. The highest BCUT2D eigenvalue weighted by molar-refractivity contribution is 6.30. The Balaban J connectivity index is 1.67. The van der Waals surface area contributed by atoms with E-state index in [0.29, 0.717) is 28.3 Å². The van der Waals surface area contributed by atoms with Gasteiger partial charge in [-0.25, -0.2) is 9.37 Å². The van der Waals surface area contributed by atoms with E-state index in [1.54, 1.807) is 11.0 Å². The Hall–Kier alpha value is -3.15. The first-order valence-corrected chi connectivity index (χ1v) is 8.48. The zero-order chi connectivity index (χ0) is 18.4. The molecule has 1 aliphatic rings. The molecule has 0 bridgehead atoms. The van der Waals surface area contributed by atoms with Crippen LogP contribution in [0.3, 0.4) is 0 Å². The predicted molar refractivity (Wildman–Crippen MR) is 101 cm³/mol. The van der Waals surface area contributed by atoms with Gasteiger partial charge in [-0.2, -0.15) is 0 Å². The molecule has 6 heteroatoms. The Morgan fingerprint density at radius 3 is 2.62 bits per heavy atom. The Bertz CT molecular complexity index is 1030. The van der Waals surface area contributed by atoms with Crippen LogP contribution in [0.25, 0.3) is 16.6 Å². The Labute approximate surface area is 150 Å². The fourth-order valence-corrected chi connectivity index (χ4v) is 3.19. The van der Waals surface area contributed by atoms with Crippen LogP contribution in [0.4, 0.5) is 10.1 Å². The standard InChI is InChI=1S/C20H19FN4O/c1-11(2)12-3-6-14(7-4-12)25-10-17(26)18(19(25)22)20-23-15-8-5-13(21)9-16(15)24-20/h3-9,11,22,26H,10H2,1-2H3,(H,23,24). The maximum atomic E-state index is 13.4. The first-order valence-electron chi connectivity index (χ1n) is 8.48. The number of halogens is 1. The van der Waals surface area contributed by atoms with Crippen molar-refractivity contribution >= 4 is 28.1 Å². The number of nitrogens with one attached hydrogen (secondary N) is 2. The highest BCUT2D eigenvalue weighted by Gasteiger charge is 2.31. The normalized spacial score (nSPS) is 14.9. The van der Waals surface area contributed by atoms with Gasteiger partial charge in [-0.15, -0.1) is 0 Å². The van der Waals surface area contributed by atoms with E-state index in [1.165, 1.54) is 17.7 Å². The average Bonchev–Trinajstić information content (AvgIpc) is 3.14. The van der Waals surface area contributed by atoms with Crippen molar-refractivity contribution in [2.24, 2.45) is 0 Å². The van der Waals surface area contributed by atoms with Crippen LogP contribution in [0.1, 0.15) is 31.2 Å². The van der Waals surface area contributed by atoms with Gasteiger partial charge < -0.3 is 15.0 Å². The van der Waals surface area contributed by atoms with Gasteiger partial charge in [0.15, 0.2) is 0 Å². The molecular weight excluding hydrogens is 331 g/mol. The number of H-pyrrole nitrogens is 1. The van der Waals surface area contributed by atoms with Crippen LogP contribution in [-0.4, -0.2) is 27.5 Å². The molecule has 0 atom stereocenters. The van der Waals surface area contributed by atoms with Crippen LogP contribution in [-0.2, 0) is 0 Å². The van der Waals surface area contributed by atoms with E-state index in [-0.39, 0.29) is 24.0 Å². The van der Waals surface area contributed by atoms with Crippen LogP contribution in [0.15, 0.2) is 48.2 Å². The van der Waals surface area contributed by atoms with Gasteiger partial charge in [0.05, 0.1) is 23.2 Å². The fourth-order valence-electron chi connectivity index (χ4n) is 3.19. The van der Waals surface area contributed by atoms with Crippen molar-refractivity contribution < 1.29 is 9.50 Å². The third-order valence-corrected chi connectivity index (χ3v) is 4.66. The van der Waals surface area contributed by atoms with Gasteiger partial charge in [0.25, 0.3) is 0 Å². The number of aliphatic hydroxyl groups excluding tert-OH is 1. The molecule has 2 heterocycles. The third-order valence-electron chi connectivity index (χ3n) is 4.66. The van der Waals surface area contributed by atoms with Gasteiger partial charge in [-0.05, 0) is 41.8 Å². The number of hydrogen-bond donors (Lipinski definition) is 3. The number of aromatic nitrogens is 2. The molecule has 0 spiro atoms. The molecule has 26 heavy (non-hydrogen) atoms. The van der Waals surface area contributed by atoms with Gasteiger partial charge in [-0.3, -0.25) is 5.41 Å². The van der Waals surface area contributed by atoms with Crippen molar-refractivity contribution in [3.8, 4) is 0 Å². The number of rotatable bonds is 3. The number of anilines is 1. The van der Waals surface area contributed by atoms with Crippen LogP contribution < -0.4 is 4.90 Å². The summed E-state index contributed by atoms with van der Waals surface area (Å²) < 4.78 is 13.4. The molecule has 3 N–H and O–H groups in total. The van der Waals surface area contributed by atoms with Gasteiger partial charge in [0.2, 0.25) is 0 Å². The highest BCUT2D eigenvalue weighted by Crippen LogP contribution is 2.31. The van der Waals surface area contributed by atoms with E-state index in [1.807, 2.05) is 24.3 Å². The highest BCUT2D eigenvalue weighted by atomic mass is 19.1. The predicted octanol–water partition coefficient (Wildman–Crippen LogP) is 4.59. The zero-order valence-corrected chi connectivity index (χ0v) is 14.5. The lowest BCUT2D eigenvalue weighted by molar-refractivity contribution is 0.411. The Morgan fingerprint density at radius 1 is 1.19 bits per heavy atom. The summed E-state index contributed by atoms with van der Waals surface area (Å²) in [5, 5.41) is 18.9. The second-order valence-corrected chi connectivity index (χ2v) is 6.75. The van der Waals surface area contributed by atoms with Crippen LogP contribution >= 0.6 is 0 Å². The topological polar surface area (TPSA) is 76.0 Å². The summed E-state index contributed by atoms with van der Waals surface area (Å²) in [6.07, 6.45) is 0. The number of benzene rings is 2. The summed E-state index contributed by atoms with van der Waals surface area (Å²) in [6, 6.07) is 12.2. The summed E-state index contributed by atoms with van der Waals surface area (Å²) in [7, 11) is 0. The number of nitrogens with zero attached hydrogens (tertiary/aromatic N) is 2. The molecule has 2 aromatic carbocycles. The molecule has 4 rings (SSSR count). The molecule has 0 fully saturated rings. The van der Waals surface area contributed by atoms with Crippen molar-refractivity contribution in [2.45, 2.75) is 19.8 Å². The Morgan fingerprint density at radius 2 is 1.92 bits per heavy atom. The number of fused-ring (bicyclic) bond motifs is 1. The van der Waals surface area contributed by atoms with Gasteiger partial charge in [-0.1, -0.05) is 26.0 Å². The molecule has 132 valence electrons. The van der Waals surface area contributed by atoms with E-state index in [9.17, 15) is 9.50 Å². The summed E-state index contributed by atoms with van der Waals surface area (Å²) in [4.78, 5) is 9.12. The summed E-state index contributed by atoms with van der Waals surface area (Å²) in [6.45, 7) is 4.46. The quantitative estimate of drug-likeness (QED) is 0.646. The van der Waals surface area contributed by atoms with Gasteiger partial charge in [0, 0.05) is 5.69 Å². The van der Waals surface area contributed by atoms with E-state index in [0.717, 1.165) is 5.69 Å². The maximum Gasteiger partial charge on any atom is 0.145 e. The van der Waals surface area contributed by atoms with E-state index in [4.69, 9.17) is 5.41 Å². The number of aliphatic hydroxyl groups is 1. The lowest BCUT2D eigenvalue weighted by Gasteiger charge is -2.19. The van der Waals surface area contributed by atoms with E-state index < -0.39 is 0 Å². The van der Waals surface area contributed by atoms with Crippen LogP contribution in [0, 0.1) is 11.2 Å². The summed E-state index contributed by atoms with van der Waals surface area (Å²) in [5.74, 6) is 0.676. The number of amidine groups is 1. The number of aromatic amines is 1. The van der Waals surface area contributed by atoms with Crippen molar-refractivity contribution in [3.05, 3.63) is 65.4 Å². The summed E-state index contributed by atoms with van der Waals surface area (Å²) in [5.41, 5.74) is 3.52. The molecule has 0 unspecified atom stereocenters. The molecule has 1 aromatic heterocycles. The Kier molecular flexibility index (Phi) is 3.76. The van der Waals surface area contributed by atoms with Gasteiger partial charge in [0.1, 0.15) is 23.2 Å². The van der Waals surface area contributed by atoms with Gasteiger partial charge >= 0.3 is 0 Å². The number of imidazole rings is 1. The largest absolute Gasteiger partial charge is 0.509 e. The second-order valence-electron chi connectivity index (χ2n) is 6.75. The monoisotopic (exact) mass is 350 g/mol. The third kappa shape index (κ3) is 2.63. The minimum absolute atomic E-state index is 0.0717. The van der Waals surface area contributed by atoms with Crippen molar-refractivity contribution in [1.82, 2.24) is 9.97 Å².